The summed E-state index contributed by atoms with van der Waals surface area (Å²) in [7, 11) is 0. The number of benzene rings is 2. The predicted molar refractivity (Wildman–Crippen MR) is 91.8 cm³/mol. The van der Waals surface area contributed by atoms with Gasteiger partial charge in [-0.05, 0) is 37.7 Å². The first-order valence-electron chi connectivity index (χ1n) is 6.99. The predicted octanol–water partition coefficient (Wildman–Crippen LogP) is 4.11. The van der Waals surface area contributed by atoms with E-state index in [1.54, 1.807) is 10.9 Å². The fourth-order valence-corrected chi connectivity index (χ4v) is 2.42. The summed E-state index contributed by atoms with van der Waals surface area (Å²) >= 11 is 5.28. The molecular formula is C17H16N4S. The zero-order valence-corrected chi connectivity index (χ0v) is 13.3. The lowest BCUT2D eigenvalue weighted by atomic mass is 10.1. The van der Waals surface area contributed by atoms with Gasteiger partial charge in [0.1, 0.15) is 0 Å². The fraction of sp³-hybridized carbons (Fsp3) is 0.118. The maximum Gasteiger partial charge on any atom is 0.216 e. The quantitative estimate of drug-likeness (QED) is 0.584. The van der Waals surface area contributed by atoms with Crippen molar-refractivity contribution in [2.45, 2.75) is 13.8 Å². The third kappa shape index (κ3) is 3.04. The maximum absolute atomic E-state index is 5.28. The highest BCUT2D eigenvalue weighted by Gasteiger charge is 2.07. The van der Waals surface area contributed by atoms with Crippen molar-refractivity contribution in [1.29, 1.82) is 0 Å². The highest BCUT2D eigenvalue weighted by Crippen LogP contribution is 2.18. The largest absolute Gasteiger partial charge is 0.250 e. The zero-order valence-electron chi connectivity index (χ0n) is 12.4. The molecule has 0 aliphatic heterocycles. The van der Waals surface area contributed by atoms with Crippen LogP contribution in [-0.4, -0.2) is 21.1 Å². The number of aryl methyl sites for hydroxylation is 2. The normalized spacial score (nSPS) is 11.2. The third-order valence-corrected chi connectivity index (χ3v) is 3.56. The molecule has 1 N–H and O–H groups in total. The highest BCUT2D eigenvalue weighted by molar-refractivity contribution is 7.71. The summed E-state index contributed by atoms with van der Waals surface area (Å²) in [6, 6.07) is 16.2. The number of aromatic amines is 1. The van der Waals surface area contributed by atoms with Gasteiger partial charge in [0.25, 0.3) is 0 Å². The number of aromatic nitrogens is 3. The highest BCUT2D eigenvalue weighted by atomic mass is 32.1. The van der Waals surface area contributed by atoms with Gasteiger partial charge in [-0.15, -0.1) is 0 Å². The number of nitrogens with zero attached hydrogens (tertiary/aromatic N) is 3. The van der Waals surface area contributed by atoms with Gasteiger partial charge in [0.15, 0.2) is 5.82 Å². The van der Waals surface area contributed by atoms with Crippen LogP contribution in [0.3, 0.4) is 0 Å². The third-order valence-electron chi connectivity index (χ3n) is 3.29. The van der Waals surface area contributed by atoms with Crippen molar-refractivity contribution in [2.24, 2.45) is 5.10 Å². The molecule has 0 aliphatic rings. The number of nitrogens with one attached hydrogen (secondary N) is 1. The van der Waals surface area contributed by atoms with E-state index in [2.05, 4.69) is 40.4 Å². The second-order valence-electron chi connectivity index (χ2n) is 5.19. The van der Waals surface area contributed by atoms with Gasteiger partial charge in [-0.3, -0.25) is 0 Å². The van der Waals surface area contributed by atoms with Gasteiger partial charge in [0.2, 0.25) is 4.77 Å². The van der Waals surface area contributed by atoms with Crippen molar-refractivity contribution in [3.05, 3.63) is 70.0 Å². The molecule has 5 heteroatoms. The van der Waals surface area contributed by atoms with Gasteiger partial charge in [0, 0.05) is 5.56 Å². The van der Waals surface area contributed by atoms with Crippen LogP contribution in [-0.2, 0) is 0 Å². The molecule has 3 aromatic rings. The van der Waals surface area contributed by atoms with Crippen molar-refractivity contribution in [1.82, 2.24) is 14.9 Å². The molecule has 4 nitrogen and oxygen atoms in total. The Hall–Kier alpha value is -2.53. The zero-order chi connectivity index (χ0) is 15.5. The second kappa shape index (κ2) is 6.07. The van der Waals surface area contributed by atoms with Gasteiger partial charge in [0.05, 0.1) is 6.21 Å². The summed E-state index contributed by atoms with van der Waals surface area (Å²) in [4.78, 5) is 0. The smallest absolute Gasteiger partial charge is 0.216 e. The summed E-state index contributed by atoms with van der Waals surface area (Å²) in [6.07, 6.45) is 1.79. The molecule has 0 atom stereocenters. The van der Waals surface area contributed by atoms with E-state index >= 15 is 0 Å². The Bertz CT molecular complexity index is 889. The Balaban J connectivity index is 2.01. The minimum atomic E-state index is 0.473. The van der Waals surface area contributed by atoms with Crippen molar-refractivity contribution in [3.8, 4) is 11.4 Å². The molecule has 1 aromatic heterocycles. The SMILES string of the molecule is Cc1cccc(/C=N/n2c(-c3cccc(C)c3)n[nH]c2=S)c1. The van der Waals surface area contributed by atoms with E-state index in [1.165, 1.54) is 11.1 Å². The fourth-order valence-electron chi connectivity index (χ4n) is 2.24. The van der Waals surface area contributed by atoms with Crippen molar-refractivity contribution >= 4 is 18.4 Å². The average molecular weight is 308 g/mol. The Morgan fingerprint density at radius 1 is 1.09 bits per heavy atom. The molecule has 3 rings (SSSR count). The monoisotopic (exact) mass is 308 g/mol. The van der Waals surface area contributed by atoms with Gasteiger partial charge >= 0.3 is 0 Å². The summed E-state index contributed by atoms with van der Waals surface area (Å²) in [5, 5.41) is 11.6. The topological polar surface area (TPSA) is 46.0 Å². The van der Waals surface area contributed by atoms with Crippen LogP contribution in [0.5, 0.6) is 0 Å². The van der Waals surface area contributed by atoms with Crippen molar-refractivity contribution in [2.75, 3.05) is 0 Å². The van der Waals surface area contributed by atoms with Crippen LogP contribution < -0.4 is 0 Å². The molecule has 0 spiro atoms. The van der Waals surface area contributed by atoms with Crippen LogP contribution in [0.2, 0.25) is 0 Å². The summed E-state index contributed by atoms with van der Waals surface area (Å²) in [5.74, 6) is 0.706. The number of H-pyrrole nitrogens is 1. The van der Waals surface area contributed by atoms with E-state index in [0.717, 1.165) is 11.1 Å². The van der Waals surface area contributed by atoms with E-state index in [-0.39, 0.29) is 0 Å². The minimum Gasteiger partial charge on any atom is -0.250 e. The van der Waals surface area contributed by atoms with Crippen LogP contribution in [0, 0.1) is 18.6 Å². The van der Waals surface area contributed by atoms with E-state index in [0.29, 0.717) is 10.6 Å². The Kier molecular flexibility index (Phi) is 3.98. The van der Waals surface area contributed by atoms with Gasteiger partial charge in [-0.2, -0.15) is 14.9 Å². The molecular weight excluding hydrogens is 292 g/mol. The van der Waals surface area contributed by atoms with Crippen LogP contribution in [0.15, 0.2) is 53.6 Å². The lowest BCUT2D eigenvalue weighted by Gasteiger charge is -2.02. The van der Waals surface area contributed by atoms with Crippen LogP contribution >= 0.6 is 12.2 Å². The maximum atomic E-state index is 5.28. The lowest BCUT2D eigenvalue weighted by molar-refractivity contribution is 0.871. The first kappa shape index (κ1) is 14.4. The summed E-state index contributed by atoms with van der Waals surface area (Å²) in [6.45, 7) is 4.10. The molecule has 0 radical (unpaired) electrons. The van der Waals surface area contributed by atoms with Crippen LogP contribution in [0.25, 0.3) is 11.4 Å². The molecule has 2 aromatic carbocycles. The van der Waals surface area contributed by atoms with Crippen LogP contribution in [0.4, 0.5) is 0 Å². The number of rotatable bonds is 3. The van der Waals surface area contributed by atoms with Crippen molar-refractivity contribution in [3.63, 3.8) is 0 Å². The Morgan fingerprint density at radius 2 is 1.82 bits per heavy atom. The van der Waals surface area contributed by atoms with Gasteiger partial charge in [-0.25, -0.2) is 5.10 Å². The summed E-state index contributed by atoms with van der Waals surface area (Å²) in [5.41, 5.74) is 4.37. The number of hydrogen-bond donors (Lipinski definition) is 1. The van der Waals surface area contributed by atoms with Crippen molar-refractivity contribution < 1.29 is 0 Å². The summed E-state index contributed by atoms with van der Waals surface area (Å²) < 4.78 is 2.12. The van der Waals surface area contributed by atoms with E-state index < -0.39 is 0 Å². The first-order chi connectivity index (χ1) is 10.6. The van der Waals surface area contributed by atoms with Gasteiger partial charge < -0.3 is 0 Å². The van der Waals surface area contributed by atoms with Crippen LogP contribution in [0.1, 0.15) is 16.7 Å². The second-order valence-corrected chi connectivity index (χ2v) is 5.58. The minimum absolute atomic E-state index is 0.473. The molecule has 0 aliphatic carbocycles. The molecule has 110 valence electrons. The molecule has 0 fully saturated rings. The molecule has 22 heavy (non-hydrogen) atoms. The average Bonchev–Trinajstić information content (AvgIpc) is 2.86. The Labute approximate surface area is 134 Å². The van der Waals surface area contributed by atoms with E-state index in [4.69, 9.17) is 12.2 Å². The molecule has 0 saturated heterocycles. The Morgan fingerprint density at radius 3 is 2.55 bits per heavy atom. The van der Waals surface area contributed by atoms with E-state index in [1.807, 2.05) is 37.3 Å². The lowest BCUT2D eigenvalue weighted by Crippen LogP contribution is -1.95. The standard InChI is InChI=1S/C17H16N4S/c1-12-5-3-7-14(9-12)11-18-21-16(19-20-17(21)22)15-8-4-6-13(2)10-15/h3-11H,1-2H3,(H,20,22)/b18-11+. The molecule has 0 bridgehead atoms. The first-order valence-corrected chi connectivity index (χ1v) is 7.40. The van der Waals surface area contributed by atoms with E-state index in [9.17, 15) is 0 Å². The molecule has 0 saturated carbocycles. The number of hydrogen-bond acceptors (Lipinski definition) is 3. The van der Waals surface area contributed by atoms with Gasteiger partial charge in [-0.1, -0.05) is 53.6 Å². The molecule has 0 unspecified atom stereocenters. The molecule has 1 heterocycles. The molecule has 0 amide bonds.